The minimum atomic E-state index is -3.52. The largest absolute Gasteiger partial charge is 0.369 e. The van der Waals surface area contributed by atoms with Crippen molar-refractivity contribution >= 4 is 21.5 Å². The lowest BCUT2D eigenvalue weighted by atomic mass is 10.2. The summed E-state index contributed by atoms with van der Waals surface area (Å²) < 4.78 is 21.3. The third-order valence-corrected chi connectivity index (χ3v) is 2.75. The zero-order valence-electron chi connectivity index (χ0n) is 9.08. The molecule has 94 valence electrons. The molecule has 1 heterocycles. The van der Waals surface area contributed by atoms with Crippen molar-refractivity contribution in [2.75, 3.05) is 17.6 Å². The number of hydrogen-bond acceptors (Lipinski definition) is 6. The molecule has 1 aromatic heterocycles. The van der Waals surface area contributed by atoms with Crippen LogP contribution in [0.3, 0.4) is 0 Å². The first-order valence-electron chi connectivity index (χ1n) is 4.65. The molecule has 0 bridgehead atoms. The number of hydrogen-bond donors (Lipinski definition) is 2. The maximum absolute atomic E-state index is 10.7. The highest BCUT2D eigenvalue weighted by atomic mass is 32.2. The average Bonchev–Trinajstić information content (AvgIpc) is 2.15. The first kappa shape index (κ1) is 13.3. The van der Waals surface area contributed by atoms with Crippen LogP contribution >= 0.6 is 0 Å². The molecule has 1 aromatic rings. The van der Waals surface area contributed by atoms with Gasteiger partial charge in [-0.1, -0.05) is 0 Å². The zero-order chi connectivity index (χ0) is 13.1. The Balaban J connectivity index is 2.68. The van der Waals surface area contributed by atoms with Crippen molar-refractivity contribution in [2.45, 2.75) is 6.92 Å². The molecular weight excluding hydrogens is 248 g/mol. The van der Waals surface area contributed by atoms with Crippen LogP contribution < -0.4 is 10.5 Å². The summed E-state index contributed by atoms with van der Waals surface area (Å²) in [5, 5.41) is 18.1. The topological polar surface area (TPSA) is 128 Å². The molecule has 0 radical (unpaired) electrons. The van der Waals surface area contributed by atoms with Crippen LogP contribution in [0.4, 0.5) is 11.5 Å². The van der Waals surface area contributed by atoms with Crippen molar-refractivity contribution in [1.82, 2.24) is 4.98 Å². The molecule has 0 aliphatic carbocycles. The van der Waals surface area contributed by atoms with E-state index in [0.717, 1.165) is 6.20 Å². The molecule has 0 fully saturated rings. The van der Waals surface area contributed by atoms with Gasteiger partial charge in [0.25, 0.3) is 5.69 Å². The molecule has 0 aliphatic rings. The number of nitro groups is 1. The molecule has 3 N–H and O–H groups in total. The summed E-state index contributed by atoms with van der Waals surface area (Å²) in [6.07, 6.45) is 1.12. The molecule has 1 rings (SSSR count). The van der Waals surface area contributed by atoms with Crippen molar-refractivity contribution < 1.29 is 13.3 Å². The first-order valence-corrected chi connectivity index (χ1v) is 6.36. The van der Waals surface area contributed by atoms with Crippen molar-refractivity contribution in [3.63, 3.8) is 0 Å². The van der Waals surface area contributed by atoms with E-state index in [1.807, 2.05) is 0 Å². The molecule has 0 aliphatic heterocycles. The van der Waals surface area contributed by atoms with Crippen molar-refractivity contribution in [1.29, 1.82) is 0 Å². The number of nitrogens with two attached hydrogens (primary N) is 1. The number of nitrogens with one attached hydrogen (secondary N) is 1. The van der Waals surface area contributed by atoms with Gasteiger partial charge in [0, 0.05) is 12.1 Å². The second kappa shape index (κ2) is 5.06. The Kier molecular flexibility index (Phi) is 3.97. The normalized spacial score (nSPS) is 11.2. The quantitative estimate of drug-likeness (QED) is 0.566. The van der Waals surface area contributed by atoms with E-state index in [4.69, 9.17) is 5.14 Å². The van der Waals surface area contributed by atoms with Gasteiger partial charge in [0.05, 0.1) is 10.7 Å². The number of sulfonamides is 1. The van der Waals surface area contributed by atoms with Gasteiger partial charge in [0.1, 0.15) is 12.0 Å². The Morgan fingerprint density at radius 1 is 1.59 bits per heavy atom. The van der Waals surface area contributed by atoms with Gasteiger partial charge in [-0.3, -0.25) is 10.1 Å². The van der Waals surface area contributed by atoms with Gasteiger partial charge in [0.2, 0.25) is 10.0 Å². The summed E-state index contributed by atoms with van der Waals surface area (Å²) in [7, 11) is -3.52. The van der Waals surface area contributed by atoms with Crippen LogP contribution in [0.1, 0.15) is 5.56 Å². The second-order valence-corrected chi connectivity index (χ2v) is 5.14. The summed E-state index contributed by atoms with van der Waals surface area (Å²) in [6.45, 7) is 1.67. The first-order chi connectivity index (χ1) is 7.79. The summed E-state index contributed by atoms with van der Waals surface area (Å²) in [5.41, 5.74) is 0.366. The van der Waals surface area contributed by atoms with Gasteiger partial charge in [-0.05, 0) is 13.0 Å². The molecule has 8 nitrogen and oxygen atoms in total. The van der Waals surface area contributed by atoms with Crippen LogP contribution in [0, 0.1) is 17.0 Å². The van der Waals surface area contributed by atoms with Crippen LogP contribution in [0.25, 0.3) is 0 Å². The molecule has 17 heavy (non-hydrogen) atoms. The standard InChI is InChI=1S/C8H12N4O4S/c1-6-4-8(10-2-3-17(9,15)16)11-5-7(6)12(13)14/h4-5H,2-3H2,1H3,(H,10,11)(H2,9,15,16). The Morgan fingerprint density at radius 3 is 2.71 bits per heavy atom. The predicted octanol–water partition coefficient (Wildman–Crippen LogP) is -0.00138. The highest BCUT2D eigenvalue weighted by molar-refractivity contribution is 7.89. The van der Waals surface area contributed by atoms with E-state index >= 15 is 0 Å². The lowest BCUT2D eigenvalue weighted by Gasteiger charge is -2.05. The summed E-state index contributed by atoms with van der Waals surface area (Å²) in [4.78, 5) is 13.8. The average molecular weight is 260 g/mol. The fourth-order valence-corrected chi connectivity index (χ4v) is 1.54. The molecule has 0 saturated heterocycles. The smallest absolute Gasteiger partial charge is 0.290 e. The van der Waals surface area contributed by atoms with Crippen molar-refractivity contribution in [2.24, 2.45) is 5.14 Å². The van der Waals surface area contributed by atoms with E-state index < -0.39 is 14.9 Å². The van der Waals surface area contributed by atoms with Gasteiger partial charge in [0.15, 0.2) is 0 Å². The van der Waals surface area contributed by atoms with Crippen LogP contribution in [-0.4, -0.2) is 30.6 Å². The van der Waals surface area contributed by atoms with E-state index in [1.54, 1.807) is 6.92 Å². The number of primary sulfonamides is 1. The lowest BCUT2D eigenvalue weighted by Crippen LogP contribution is -2.22. The summed E-state index contributed by atoms with van der Waals surface area (Å²) >= 11 is 0. The van der Waals surface area contributed by atoms with E-state index in [2.05, 4.69) is 10.3 Å². The molecule has 0 aromatic carbocycles. The van der Waals surface area contributed by atoms with Crippen LogP contribution in [0.15, 0.2) is 12.3 Å². The van der Waals surface area contributed by atoms with Crippen LogP contribution in [0.5, 0.6) is 0 Å². The summed E-state index contributed by atoms with van der Waals surface area (Å²) in [5.74, 6) is 0.141. The Morgan fingerprint density at radius 2 is 2.24 bits per heavy atom. The molecular formula is C8H12N4O4S. The van der Waals surface area contributed by atoms with E-state index in [1.165, 1.54) is 6.07 Å². The predicted molar refractivity (Wildman–Crippen MR) is 62.1 cm³/mol. The van der Waals surface area contributed by atoms with Gasteiger partial charge >= 0.3 is 0 Å². The zero-order valence-corrected chi connectivity index (χ0v) is 9.90. The number of anilines is 1. The Bertz CT molecular complexity index is 528. The van der Waals surface area contributed by atoms with E-state index in [-0.39, 0.29) is 18.0 Å². The number of pyridine rings is 1. The fraction of sp³-hybridized carbons (Fsp3) is 0.375. The number of aromatic nitrogens is 1. The van der Waals surface area contributed by atoms with Gasteiger partial charge in [-0.2, -0.15) is 0 Å². The molecule has 0 spiro atoms. The number of aryl methyl sites for hydroxylation is 1. The third-order valence-electron chi connectivity index (χ3n) is 1.97. The third kappa shape index (κ3) is 4.33. The minimum absolute atomic E-state index is 0.0815. The highest BCUT2D eigenvalue weighted by Gasteiger charge is 2.11. The van der Waals surface area contributed by atoms with Crippen molar-refractivity contribution in [3.8, 4) is 0 Å². The van der Waals surface area contributed by atoms with Gasteiger partial charge < -0.3 is 5.32 Å². The molecule has 0 saturated carbocycles. The minimum Gasteiger partial charge on any atom is -0.369 e. The monoisotopic (exact) mass is 260 g/mol. The Labute approximate surface area is 98.0 Å². The highest BCUT2D eigenvalue weighted by Crippen LogP contribution is 2.18. The summed E-state index contributed by atoms with van der Waals surface area (Å²) in [6, 6.07) is 1.47. The van der Waals surface area contributed by atoms with Gasteiger partial charge in [-0.25, -0.2) is 18.5 Å². The lowest BCUT2D eigenvalue weighted by molar-refractivity contribution is -0.385. The maximum atomic E-state index is 10.7. The second-order valence-electron chi connectivity index (χ2n) is 3.41. The molecule has 0 unspecified atom stereocenters. The van der Waals surface area contributed by atoms with Crippen LogP contribution in [-0.2, 0) is 10.0 Å². The molecule has 0 atom stereocenters. The number of nitrogens with zero attached hydrogens (tertiary/aromatic N) is 2. The fourth-order valence-electron chi connectivity index (χ4n) is 1.16. The van der Waals surface area contributed by atoms with Gasteiger partial charge in [-0.15, -0.1) is 0 Å². The number of rotatable bonds is 5. The maximum Gasteiger partial charge on any atom is 0.290 e. The Hall–Kier alpha value is -1.74. The molecule has 9 heteroatoms. The van der Waals surface area contributed by atoms with E-state index in [0.29, 0.717) is 11.4 Å². The molecule has 0 amide bonds. The van der Waals surface area contributed by atoms with Crippen molar-refractivity contribution in [3.05, 3.63) is 27.9 Å². The van der Waals surface area contributed by atoms with Crippen LogP contribution in [0.2, 0.25) is 0 Å². The SMILES string of the molecule is Cc1cc(NCCS(N)(=O)=O)ncc1[N+](=O)[O-]. The van der Waals surface area contributed by atoms with E-state index in [9.17, 15) is 18.5 Å².